The molecule has 1 aliphatic carbocycles. The molecule has 0 amide bonds. The Kier molecular flexibility index (Phi) is 3.62. The molecule has 0 aromatic heterocycles. The predicted octanol–water partition coefficient (Wildman–Crippen LogP) is 2.91. The third kappa shape index (κ3) is 2.28. The molecule has 1 aromatic rings. The zero-order chi connectivity index (χ0) is 11.4. The zero-order valence-corrected chi connectivity index (χ0v) is 10.2. The third-order valence-corrected chi connectivity index (χ3v) is 3.82. The molecule has 1 aromatic carbocycles. The summed E-state index contributed by atoms with van der Waals surface area (Å²) >= 11 is 0. The molecule has 1 N–H and O–H groups in total. The van der Waals surface area contributed by atoms with Gasteiger partial charge in [-0.05, 0) is 38.3 Å². The Labute approximate surface area is 98.0 Å². The summed E-state index contributed by atoms with van der Waals surface area (Å²) in [6, 6.07) is 11.0. The average molecular weight is 219 g/mol. The molecule has 0 spiro atoms. The second-order valence-corrected chi connectivity index (χ2v) is 4.70. The lowest BCUT2D eigenvalue weighted by Crippen LogP contribution is -2.42. The Morgan fingerprint density at radius 2 is 2.00 bits per heavy atom. The number of benzene rings is 1. The smallest absolute Gasteiger partial charge is 0.0697 e. The van der Waals surface area contributed by atoms with Crippen molar-refractivity contribution in [1.29, 1.82) is 0 Å². The molecule has 0 bridgehead atoms. The van der Waals surface area contributed by atoms with E-state index in [1.54, 1.807) is 0 Å². The van der Waals surface area contributed by atoms with Gasteiger partial charge in [0.25, 0.3) is 0 Å². The molecule has 0 radical (unpaired) electrons. The van der Waals surface area contributed by atoms with Crippen molar-refractivity contribution in [2.75, 3.05) is 14.2 Å². The predicted molar refractivity (Wildman–Crippen MR) is 66.5 cm³/mol. The summed E-state index contributed by atoms with van der Waals surface area (Å²) in [6.45, 7) is 0. The molecule has 1 saturated carbocycles. The van der Waals surface area contributed by atoms with Crippen molar-refractivity contribution >= 4 is 0 Å². The first-order valence-corrected chi connectivity index (χ1v) is 6.07. The molecule has 0 aliphatic heterocycles. The van der Waals surface area contributed by atoms with Gasteiger partial charge >= 0.3 is 0 Å². The lowest BCUT2D eigenvalue weighted by molar-refractivity contribution is -0.0834. The van der Waals surface area contributed by atoms with Crippen LogP contribution in [-0.4, -0.2) is 19.8 Å². The topological polar surface area (TPSA) is 21.3 Å². The van der Waals surface area contributed by atoms with Crippen molar-refractivity contribution in [3.63, 3.8) is 0 Å². The Morgan fingerprint density at radius 1 is 1.31 bits per heavy atom. The highest BCUT2D eigenvalue weighted by molar-refractivity contribution is 5.19. The number of nitrogens with one attached hydrogen (secondary N) is 1. The van der Waals surface area contributed by atoms with E-state index in [1.165, 1.54) is 24.8 Å². The number of hydrogen-bond acceptors (Lipinski definition) is 2. The van der Waals surface area contributed by atoms with Gasteiger partial charge in [0.15, 0.2) is 0 Å². The largest absolute Gasteiger partial charge is 0.378 e. The summed E-state index contributed by atoms with van der Waals surface area (Å²) in [5.74, 6) is 0. The van der Waals surface area contributed by atoms with Crippen molar-refractivity contribution in [2.24, 2.45) is 0 Å². The lowest BCUT2D eigenvalue weighted by atomic mass is 9.74. The zero-order valence-electron chi connectivity index (χ0n) is 10.2. The molecule has 0 heterocycles. The van der Waals surface area contributed by atoms with E-state index in [0.717, 1.165) is 6.42 Å². The van der Waals surface area contributed by atoms with E-state index in [1.807, 2.05) is 14.2 Å². The first-order valence-electron chi connectivity index (χ1n) is 6.07. The van der Waals surface area contributed by atoms with Crippen LogP contribution >= 0.6 is 0 Å². The van der Waals surface area contributed by atoms with Crippen LogP contribution in [0.4, 0.5) is 0 Å². The molecule has 0 saturated heterocycles. The van der Waals surface area contributed by atoms with Crippen LogP contribution in [0.1, 0.15) is 37.3 Å². The van der Waals surface area contributed by atoms with Crippen LogP contribution in [0.15, 0.2) is 30.3 Å². The summed E-state index contributed by atoms with van der Waals surface area (Å²) in [4.78, 5) is 0. The van der Waals surface area contributed by atoms with Gasteiger partial charge in [-0.2, -0.15) is 0 Å². The standard InChI is InChI=1S/C14H21NO/c1-15-13(12-7-4-3-5-8-12)11-14(16-2)9-6-10-14/h3-5,7-8,13,15H,6,9-11H2,1-2H3. The van der Waals surface area contributed by atoms with Crippen LogP contribution in [0.25, 0.3) is 0 Å². The van der Waals surface area contributed by atoms with E-state index < -0.39 is 0 Å². The fourth-order valence-electron chi connectivity index (χ4n) is 2.51. The first-order chi connectivity index (χ1) is 7.79. The third-order valence-electron chi connectivity index (χ3n) is 3.82. The van der Waals surface area contributed by atoms with Crippen molar-refractivity contribution in [3.05, 3.63) is 35.9 Å². The minimum absolute atomic E-state index is 0.128. The van der Waals surface area contributed by atoms with Crippen LogP contribution in [0.2, 0.25) is 0 Å². The highest BCUT2D eigenvalue weighted by Gasteiger charge is 2.38. The quantitative estimate of drug-likeness (QED) is 0.822. The molecule has 1 fully saturated rings. The van der Waals surface area contributed by atoms with E-state index >= 15 is 0 Å². The molecule has 16 heavy (non-hydrogen) atoms. The molecule has 2 nitrogen and oxygen atoms in total. The second-order valence-electron chi connectivity index (χ2n) is 4.70. The maximum Gasteiger partial charge on any atom is 0.0697 e. The normalized spacial score (nSPS) is 20.1. The molecule has 2 heteroatoms. The maximum absolute atomic E-state index is 5.69. The van der Waals surface area contributed by atoms with Gasteiger partial charge in [-0.25, -0.2) is 0 Å². The first kappa shape index (κ1) is 11.6. The van der Waals surface area contributed by atoms with Gasteiger partial charge in [-0.1, -0.05) is 30.3 Å². The molecule has 1 aliphatic rings. The maximum atomic E-state index is 5.69. The SMILES string of the molecule is CNC(CC1(OC)CCC1)c1ccccc1. The second kappa shape index (κ2) is 4.98. The molecule has 1 atom stereocenters. The summed E-state index contributed by atoms with van der Waals surface area (Å²) in [5.41, 5.74) is 1.48. The minimum Gasteiger partial charge on any atom is -0.378 e. The average Bonchev–Trinajstić information content (AvgIpc) is 2.30. The van der Waals surface area contributed by atoms with Gasteiger partial charge in [-0.3, -0.25) is 0 Å². The van der Waals surface area contributed by atoms with E-state index in [2.05, 4.69) is 35.6 Å². The van der Waals surface area contributed by atoms with Gasteiger partial charge in [0.05, 0.1) is 5.60 Å². The monoisotopic (exact) mass is 219 g/mol. The summed E-state index contributed by atoms with van der Waals surface area (Å²) in [5, 5.41) is 3.40. The van der Waals surface area contributed by atoms with E-state index in [0.29, 0.717) is 6.04 Å². The number of rotatable bonds is 5. The molecular formula is C14H21NO. The fraction of sp³-hybridized carbons (Fsp3) is 0.571. The van der Waals surface area contributed by atoms with Crippen LogP contribution < -0.4 is 5.32 Å². The van der Waals surface area contributed by atoms with Gasteiger partial charge in [0, 0.05) is 13.2 Å². The van der Waals surface area contributed by atoms with Crippen LogP contribution in [0, 0.1) is 0 Å². The highest BCUT2D eigenvalue weighted by atomic mass is 16.5. The van der Waals surface area contributed by atoms with Crippen molar-refractivity contribution < 1.29 is 4.74 Å². The van der Waals surface area contributed by atoms with Crippen molar-refractivity contribution in [1.82, 2.24) is 5.32 Å². The summed E-state index contributed by atoms with van der Waals surface area (Å²) in [6.07, 6.45) is 4.78. The van der Waals surface area contributed by atoms with E-state index in [4.69, 9.17) is 4.74 Å². The molecule has 1 unspecified atom stereocenters. The van der Waals surface area contributed by atoms with Gasteiger partial charge in [-0.15, -0.1) is 0 Å². The Balaban J connectivity index is 2.06. The Morgan fingerprint density at radius 3 is 2.44 bits per heavy atom. The van der Waals surface area contributed by atoms with Crippen LogP contribution in [0.3, 0.4) is 0 Å². The van der Waals surface area contributed by atoms with Gasteiger partial charge < -0.3 is 10.1 Å². The Bertz CT molecular complexity index is 313. The molecule has 2 rings (SSSR count). The summed E-state index contributed by atoms with van der Waals surface area (Å²) < 4.78 is 5.69. The lowest BCUT2D eigenvalue weighted by Gasteiger charge is -2.42. The van der Waals surface area contributed by atoms with Gasteiger partial charge in [0.2, 0.25) is 0 Å². The van der Waals surface area contributed by atoms with Crippen molar-refractivity contribution in [3.8, 4) is 0 Å². The molecule has 88 valence electrons. The van der Waals surface area contributed by atoms with Crippen molar-refractivity contribution in [2.45, 2.75) is 37.3 Å². The minimum atomic E-state index is 0.128. The summed E-state index contributed by atoms with van der Waals surface area (Å²) in [7, 11) is 3.87. The van der Waals surface area contributed by atoms with E-state index in [-0.39, 0.29) is 5.60 Å². The van der Waals surface area contributed by atoms with E-state index in [9.17, 15) is 0 Å². The number of ether oxygens (including phenoxy) is 1. The van der Waals surface area contributed by atoms with Gasteiger partial charge in [0.1, 0.15) is 0 Å². The molecular weight excluding hydrogens is 198 g/mol. The highest BCUT2D eigenvalue weighted by Crippen LogP contribution is 2.41. The number of methoxy groups -OCH3 is 1. The number of hydrogen-bond donors (Lipinski definition) is 1. The van der Waals surface area contributed by atoms with Crippen LogP contribution in [-0.2, 0) is 4.74 Å². The van der Waals surface area contributed by atoms with Crippen LogP contribution in [0.5, 0.6) is 0 Å². The Hall–Kier alpha value is -0.860. The fourth-order valence-corrected chi connectivity index (χ4v) is 2.51.